The fourth-order valence-corrected chi connectivity index (χ4v) is 2.68. The van der Waals surface area contributed by atoms with Crippen molar-refractivity contribution in [2.45, 2.75) is 56.9 Å². The molecule has 0 saturated heterocycles. The molecule has 0 bridgehead atoms. The Hall–Kier alpha value is -0.960. The molecule has 100 valence electrons. The Morgan fingerprint density at radius 2 is 1.89 bits per heavy atom. The smallest absolute Gasteiger partial charge is 0.273 e. The zero-order valence-corrected chi connectivity index (χ0v) is 10.8. The van der Waals surface area contributed by atoms with Gasteiger partial charge in [-0.05, 0) is 43.2 Å². The van der Waals surface area contributed by atoms with Crippen molar-refractivity contribution in [2.75, 3.05) is 0 Å². The maximum Gasteiger partial charge on any atom is 0.273 e. The molecule has 0 amide bonds. The molecule has 1 aliphatic rings. The van der Waals surface area contributed by atoms with Crippen molar-refractivity contribution in [3.63, 3.8) is 0 Å². The van der Waals surface area contributed by atoms with E-state index in [0.717, 1.165) is 31.2 Å². The van der Waals surface area contributed by atoms with Crippen LogP contribution in [0.5, 0.6) is 0 Å². The summed E-state index contributed by atoms with van der Waals surface area (Å²) in [6, 6.07) is 7.23. The van der Waals surface area contributed by atoms with E-state index in [-0.39, 0.29) is 12.0 Å². The molecule has 0 radical (unpaired) electrons. The molecular formula is C15H21F2N. The van der Waals surface area contributed by atoms with Gasteiger partial charge in [-0.2, -0.15) is 0 Å². The van der Waals surface area contributed by atoms with Crippen LogP contribution in [0, 0.1) is 0 Å². The van der Waals surface area contributed by atoms with Gasteiger partial charge >= 0.3 is 0 Å². The Morgan fingerprint density at radius 3 is 2.50 bits per heavy atom. The van der Waals surface area contributed by atoms with Crippen LogP contribution in [-0.4, -0.2) is 6.04 Å². The van der Waals surface area contributed by atoms with Crippen molar-refractivity contribution in [1.82, 2.24) is 0 Å². The minimum Gasteiger partial charge on any atom is -0.328 e. The highest BCUT2D eigenvalue weighted by Crippen LogP contribution is 2.36. The third-order valence-electron chi connectivity index (χ3n) is 4.00. The summed E-state index contributed by atoms with van der Waals surface area (Å²) in [7, 11) is 0. The quantitative estimate of drug-likeness (QED) is 0.859. The van der Waals surface area contributed by atoms with E-state index in [2.05, 4.69) is 0 Å². The number of halogens is 2. The summed E-state index contributed by atoms with van der Waals surface area (Å²) in [5.41, 5.74) is 7.07. The van der Waals surface area contributed by atoms with Crippen molar-refractivity contribution in [3.8, 4) is 0 Å². The number of hydrogen-bond donors (Lipinski definition) is 1. The molecule has 1 fully saturated rings. The van der Waals surface area contributed by atoms with E-state index in [9.17, 15) is 8.78 Å². The second-order valence-electron chi connectivity index (χ2n) is 5.30. The molecule has 2 rings (SSSR count). The van der Waals surface area contributed by atoms with Gasteiger partial charge in [-0.3, -0.25) is 0 Å². The zero-order valence-electron chi connectivity index (χ0n) is 10.8. The average Bonchev–Trinajstić information content (AvgIpc) is 2.40. The van der Waals surface area contributed by atoms with Crippen molar-refractivity contribution in [2.24, 2.45) is 5.73 Å². The van der Waals surface area contributed by atoms with Gasteiger partial charge in [-0.25, -0.2) is 8.78 Å². The van der Waals surface area contributed by atoms with Crippen LogP contribution in [0.2, 0.25) is 0 Å². The van der Waals surface area contributed by atoms with Crippen molar-refractivity contribution in [3.05, 3.63) is 35.4 Å². The summed E-state index contributed by atoms with van der Waals surface area (Å²) in [6.45, 7) is 1.52. The molecule has 0 spiro atoms. The monoisotopic (exact) mass is 253 g/mol. The summed E-state index contributed by atoms with van der Waals surface area (Å²) in [5, 5.41) is 0. The summed E-state index contributed by atoms with van der Waals surface area (Å²) in [5.74, 6) is -2.31. The molecule has 0 aromatic heterocycles. The first kappa shape index (κ1) is 13.5. The molecule has 1 saturated carbocycles. The molecule has 1 nitrogen and oxygen atoms in total. The van der Waals surface area contributed by atoms with Crippen LogP contribution in [0.1, 0.15) is 56.1 Å². The molecule has 0 atom stereocenters. The largest absolute Gasteiger partial charge is 0.328 e. The Bertz CT molecular complexity index is 395. The van der Waals surface area contributed by atoms with Crippen molar-refractivity contribution < 1.29 is 8.78 Å². The zero-order chi connectivity index (χ0) is 13.2. The highest BCUT2D eigenvalue weighted by Gasteiger charge is 2.30. The summed E-state index contributed by atoms with van der Waals surface area (Å²) < 4.78 is 27.3. The first-order valence-corrected chi connectivity index (χ1v) is 6.76. The van der Waals surface area contributed by atoms with Crippen molar-refractivity contribution in [1.29, 1.82) is 0 Å². The van der Waals surface area contributed by atoms with Gasteiger partial charge in [-0.1, -0.05) is 25.1 Å². The molecule has 0 heterocycles. The lowest BCUT2D eigenvalue weighted by molar-refractivity contribution is -0.00839. The second kappa shape index (κ2) is 5.35. The second-order valence-corrected chi connectivity index (χ2v) is 5.30. The third-order valence-corrected chi connectivity index (χ3v) is 4.00. The fourth-order valence-electron chi connectivity index (χ4n) is 2.68. The minimum atomic E-state index is -2.71. The Morgan fingerprint density at radius 1 is 1.22 bits per heavy atom. The molecule has 0 unspecified atom stereocenters. The van der Waals surface area contributed by atoms with Crippen LogP contribution in [0.3, 0.4) is 0 Å². The standard InChI is InChI=1S/C15H21F2N/c1-2-15(16,17)13-5-3-4-12(10-13)11-6-8-14(18)9-7-11/h3-5,10-11,14H,2,6-9,18H2,1H3. The van der Waals surface area contributed by atoms with E-state index in [0.29, 0.717) is 12.0 Å². The van der Waals surface area contributed by atoms with E-state index < -0.39 is 5.92 Å². The average molecular weight is 253 g/mol. The normalized spacial score (nSPS) is 25.1. The van der Waals surface area contributed by atoms with Crippen LogP contribution < -0.4 is 5.73 Å². The lowest BCUT2D eigenvalue weighted by Crippen LogP contribution is -2.25. The van der Waals surface area contributed by atoms with E-state index in [1.54, 1.807) is 12.1 Å². The van der Waals surface area contributed by atoms with E-state index in [1.165, 1.54) is 13.0 Å². The first-order chi connectivity index (χ1) is 8.53. The van der Waals surface area contributed by atoms with Gasteiger partial charge < -0.3 is 5.73 Å². The molecule has 1 aromatic rings. The van der Waals surface area contributed by atoms with Gasteiger partial charge in [0, 0.05) is 18.0 Å². The maximum absolute atomic E-state index is 13.7. The highest BCUT2D eigenvalue weighted by molar-refractivity contribution is 5.29. The number of alkyl halides is 2. The molecule has 0 aliphatic heterocycles. The Kier molecular flexibility index (Phi) is 4.00. The topological polar surface area (TPSA) is 26.0 Å². The summed E-state index contributed by atoms with van der Waals surface area (Å²) in [6.07, 6.45) is 3.88. The lowest BCUT2D eigenvalue weighted by atomic mass is 9.81. The van der Waals surface area contributed by atoms with Gasteiger partial charge in [0.2, 0.25) is 0 Å². The number of rotatable bonds is 3. The van der Waals surface area contributed by atoms with Crippen LogP contribution in [0.15, 0.2) is 24.3 Å². The van der Waals surface area contributed by atoms with Crippen LogP contribution in [0.4, 0.5) is 8.78 Å². The number of benzene rings is 1. The van der Waals surface area contributed by atoms with E-state index in [1.807, 2.05) is 6.07 Å². The third kappa shape index (κ3) is 2.89. The van der Waals surface area contributed by atoms with Crippen LogP contribution >= 0.6 is 0 Å². The van der Waals surface area contributed by atoms with Gasteiger partial charge in [0.05, 0.1) is 0 Å². The fraction of sp³-hybridized carbons (Fsp3) is 0.600. The maximum atomic E-state index is 13.7. The number of hydrogen-bond acceptors (Lipinski definition) is 1. The van der Waals surface area contributed by atoms with Crippen molar-refractivity contribution >= 4 is 0 Å². The molecular weight excluding hydrogens is 232 g/mol. The molecule has 18 heavy (non-hydrogen) atoms. The van der Waals surface area contributed by atoms with E-state index >= 15 is 0 Å². The van der Waals surface area contributed by atoms with Gasteiger partial charge in [0.15, 0.2) is 0 Å². The summed E-state index contributed by atoms with van der Waals surface area (Å²) >= 11 is 0. The Balaban J connectivity index is 2.17. The Labute approximate surface area is 107 Å². The first-order valence-electron chi connectivity index (χ1n) is 6.76. The van der Waals surface area contributed by atoms with Gasteiger partial charge in [0.25, 0.3) is 5.92 Å². The number of nitrogens with two attached hydrogens (primary N) is 1. The molecule has 3 heteroatoms. The van der Waals surface area contributed by atoms with Gasteiger partial charge in [0.1, 0.15) is 0 Å². The van der Waals surface area contributed by atoms with Crippen LogP contribution in [-0.2, 0) is 5.92 Å². The lowest BCUT2D eigenvalue weighted by Gasteiger charge is -2.27. The summed E-state index contributed by atoms with van der Waals surface area (Å²) in [4.78, 5) is 0. The highest BCUT2D eigenvalue weighted by atomic mass is 19.3. The van der Waals surface area contributed by atoms with Gasteiger partial charge in [-0.15, -0.1) is 0 Å². The predicted molar refractivity (Wildman–Crippen MR) is 69.8 cm³/mol. The molecule has 1 aromatic carbocycles. The predicted octanol–water partition coefficient (Wildman–Crippen LogP) is 4.17. The van der Waals surface area contributed by atoms with Crippen LogP contribution in [0.25, 0.3) is 0 Å². The molecule has 2 N–H and O–H groups in total. The minimum absolute atomic E-state index is 0.147. The SMILES string of the molecule is CCC(F)(F)c1cccc(C2CCC(N)CC2)c1. The molecule has 1 aliphatic carbocycles. The van der Waals surface area contributed by atoms with E-state index in [4.69, 9.17) is 5.73 Å².